The molecule has 29 heavy (non-hydrogen) atoms. The molecule has 0 aromatic heterocycles. The molecule has 0 radical (unpaired) electrons. The number of hydrogen-bond donors (Lipinski definition) is 1. The molecule has 150 valence electrons. The molecule has 2 aliphatic heterocycles. The van der Waals surface area contributed by atoms with Crippen molar-refractivity contribution < 1.29 is 28.8 Å². The second kappa shape index (κ2) is 8.60. The first-order valence-corrected chi connectivity index (χ1v) is 9.13. The van der Waals surface area contributed by atoms with Gasteiger partial charge in [-0.1, -0.05) is 53.6 Å². The molecule has 2 aromatic rings. The topological polar surface area (TPSA) is 123 Å². The third-order valence-electron chi connectivity index (χ3n) is 4.82. The zero-order chi connectivity index (χ0) is 20.2. The van der Waals surface area contributed by atoms with Gasteiger partial charge in [0.15, 0.2) is 6.29 Å². The van der Waals surface area contributed by atoms with Crippen molar-refractivity contribution in [1.82, 2.24) is 0 Å². The molecule has 2 fully saturated rings. The van der Waals surface area contributed by atoms with Crippen LogP contribution in [0.5, 0.6) is 0 Å². The molecular formula is C20H19N3O6. The van der Waals surface area contributed by atoms with Crippen LogP contribution in [0.4, 0.5) is 0 Å². The van der Waals surface area contributed by atoms with Crippen molar-refractivity contribution in [3.8, 4) is 0 Å². The lowest BCUT2D eigenvalue weighted by molar-refractivity contribution is -0.334. The fourth-order valence-corrected chi connectivity index (χ4v) is 3.38. The molecule has 6 atom stereocenters. The SMILES string of the molecule is [N-]=[N+]=N[C@H]1[C@H](OC(=O)c2ccccc2)O[C@@H]2COC(c3ccccc3)O[C@H]2[C@H]1O. The van der Waals surface area contributed by atoms with Gasteiger partial charge in [0.1, 0.15) is 18.2 Å². The summed E-state index contributed by atoms with van der Waals surface area (Å²) in [6.07, 6.45) is -4.70. The predicted octanol–water partition coefficient (Wildman–Crippen LogP) is 2.72. The largest absolute Gasteiger partial charge is 0.432 e. The van der Waals surface area contributed by atoms with Crippen molar-refractivity contribution in [2.75, 3.05) is 6.61 Å². The van der Waals surface area contributed by atoms with Crippen LogP contribution in [-0.4, -0.2) is 48.3 Å². The van der Waals surface area contributed by atoms with Crippen LogP contribution in [0.15, 0.2) is 65.8 Å². The second-order valence-corrected chi connectivity index (χ2v) is 6.68. The number of fused-ring (bicyclic) bond motifs is 1. The number of rotatable bonds is 4. The number of aliphatic hydroxyl groups is 1. The standard InChI is InChI=1S/C20H19N3O6/c21-23-22-15-16(24)17-14(11-26-19(28-17)13-9-5-2-6-10-13)27-20(15)29-18(25)12-7-3-1-4-8-12/h1-10,14-17,19-20,24H,11H2/t14-,15-,16+,17-,19?,20+/m1/s1. The van der Waals surface area contributed by atoms with E-state index in [0.29, 0.717) is 5.56 Å². The van der Waals surface area contributed by atoms with Crippen molar-refractivity contribution in [3.63, 3.8) is 0 Å². The number of carbonyl (C=O) groups excluding carboxylic acids is 1. The van der Waals surface area contributed by atoms with Gasteiger partial charge in [-0.25, -0.2) is 4.79 Å². The summed E-state index contributed by atoms with van der Waals surface area (Å²) in [4.78, 5) is 15.1. The number of carbonyl (C=O) groups is 1. The molecule has 0 spiro atoms. The minimum absolute atomic E-state index is 0.115. The van der Waals surface area contributed by atoms with Crippen LogP contribution in [0.25, 0.3) is 10.4 Å². The van der Waals surface area contributed by atoms with Crippen LogP contribution < -0.4 is 0 Å². The molecule has 1 N–H and O–H groups in total. The van der Waals surface area contributed by atoms with Gasteiger partial charge >= 0.3 is 5.97 Å². The Morgan fingerprint density at radius 3 is 2.48 bits per heavy atom. The number of esters is 1. The van der Waals surface area contributed by atoms with E-state index >= 15 is 0 Å². The number of ether oxygens (including phenoxy) is 4. The summed E-state index contributed by atoms with van der Waals surface area (Å²) in [5.41, 5.74) is 10.0. The molecule has 0 amide bonds. The average molecular weight is 397 g/mol. The van der Waals surface area contributed by atoms with Crippen molar-refractivity contribution >= 4 is 5.97 Å². The molecule has 0 aliphatic carbocycles. The number of nitrogens with zero attached hydrogens (tertiary/aromatic N) is 3. The molecular weight excluding hydrogens is 378 g/mol. The van der Waals surface area contributed by atoms with Crippen LogP contribution in [0, 0.1) is 0 Å². The van der Waals surface area contributed by atoms with E-state index in [2.05, 4.69) is 10.0 Å². The Balaban J connectivity index is 1.51. The molecule has 2 aliphatic rings. The van der Waals surface area contributed by atoms with Crippen LogP contribution in [0.2, 0.25) is 0 Å². The fourth-order valence-electron chi connectivity index (χ4n) is 3.38. The van der Waals surface area contributed by atoms with Gasteiger partial charge in [-0.2, -0.15) is 0 Å². The van der Waals surface area contributed by atoms with Gasteiger partial charge in [-0.05, 0) is 17.7 Å². The van der Waals surface area contributed by atoms with E-state index in [-0.39, 0.29) is 6.61 Å². The second-order valence-electron chi connectivity index (χ2n) is 6.68. The lowest BCUT2D eigenvalue weighted by atomic mass is 9.96. The molecule has 0 bridgehead atoms. The van der Waals surface area contributed by atoms with Crippen LogP contribution in [0.1, 0.15) is 22.2 Å². The Labute approximate surface area is 166 Å². The van der Waals surface area contributed by atoms with E-state index < -0.39 is 42.9 Å². The predicted molar refractivity (Wildman–Crippen MR) is 99.5 cm³/mol. The third kappa shape index (κ3) is 4.09. The van der Waals surface area contributed by atoms with Crippen molar-refractivity contribution in [2.24, 2.45) is 5.11 Å². The maximum atomic E-state index is 12.4. The first-order chi connectivity index (χ1) is 14.2. The summed E-state index contributed by atoms with van der Waals surface area (Å²) in [7, 11) is 0. The maximum absolute atomic E-state index is 12.4. The Morgan fingerprint density at radius 1 is 1.10 bits per heavy atom. The quantitative estimate of drug-likeness (QED) is 0.366. The van der Waals surface area contributed by atoms with E-state index in [1.807, 2.05) is 30.3 Å². The summed E-state index contributed by atoms with van der Waals surface area (Å²) in [6.45, 7) is 0.115. The van der Waals surface area contributed by atoms with Gasteiger partial charge in [-0.15, -0.1) is 0 Å². The average Bonchev–Trinajstić information content (AvgIpc) is 2.77. The van der Waals surface area contributed by atoms with Crippen LogP contribution in [0.3, 0.4) is 0 Å². The Morgan fingerprint density at radius 2 is 1.79 bits per heavy atom. The molecule has 1 unspecified atom stereocenters. The zero-order valence-corrected chi connectivity index (χ0v) is 15.3. The van der Waals surface area contributed by atoms with Gasteiger partial charge in [-0.3, -0.25) is 0 Å². The Kier molecular flexibility index (Phi) is 5.75. The van der Waals surface area contributed by atoms with Crippen LogP contribution >= 0.6 is 0 Å². The van der Waals surface area contributed by atoms with Crippen molar-refractivity contribution in [2.45, 2.75) is 36.9 Å². The van der Waals surface area contributed by atoms with Gasteiger partial charge in [0.25, 0.3) is 0 Å². The molecule has 2 heterocycles. The number of azide groups is 1. The highest BCUT2D eigenvalue weighted by Gasteiger charge is 2.50. The minimum atomic E-state index is -1.27. The third-order valence-corrected chi connectivity index (χ3v) is 4.82. The maximum Gasteiger partial charge on any atom is 0.340 e. The highest BCUT2D eigenvalue weighted by atomic mass is 16.8. The lowest BCUT2D eigenvalue weighted by Crippen LogP contribution is -2.61. The van der Waals surface area contributed by atoms with Gasteiger partial charge < -0.3 is 24.1 Å². The van der Waals surface area contributed by atoms with E-state index in [1.165, 1.54) is 0 Å². The zero-order valence-electron chi connectivity index (χ0n) is 15.3. The fraction of sp³-hybridized carbons (Fsp3) is 0.350. The summed E-state index contributed by atoms with van der Waals surface area (Å²) < 4.78 is 22.8. The first-order valence-electron chi connectivity index (χ1n) is 9.13. The molecule has 4 rings (SSSR count). The van der Waals surface area contributed by atoms with Gasteiger partial charge in [0.05, 0.1) is 18.3 Å². The Bertz CT molecular complexity index is 890. The number of benzene rings is 2. The van der Waals surface area contributed by atoms with Gasteiger partial charge in [0.2, 0.25) is 6.29 Å². The highest BCUT2D eigenvalue weighted by Crippen LogP contribution is 2.35. The van der Waals surface area contributed by atoms with E-state index in [4.69, 9.17) is 24.5 Å². The highest BCUT2D eigenvalue weighted by molar-refractivity contribution is 5.89. The molecule has 2 saturated heterocycles. The van der Waals surface area contributed by atoms with Crippen molar-refractivity contribution in [1.29, 1.82) is 0 Å². The number of aliphatic hydroxyl groups excluding tert-OH is 1. The lowest BCUT2D eigenvalue weighted by Gasteiger charge is -2.46. The van der Waals surface area contributed by atoms with Gasteiger partial charge in [0, 0.05) is 10.5 Å². The monoisotopic (exact) mass is 397 g/mol. The smallest absolute Gasteiger partial charge is 0.340 e. The Hall–Kier alpha value is -2.94. The molecule has 2 aromatic carbocycles. The molecule has 9 heteroatoms. The number of hydrogen-bond acceptors (Lipinski definition) is 7. The van der Waals surface area contributed by atoms with E-state index in [9.17, 15) is 9.90 Å². The molecule has 9 nitrogen and oxygen atoms in total. The summed E-state index contributed by atoms with van der Waals surface area (Å²) in [6, 6.07) is 16.4. The normalized spacial score (nSPS) is 31.2. The molecule has 0 saturated carbocycles. The first kappa shape index (κ1) is 19.4. The van der Waals surface area contributed by atoms with E-state index in [0.717, 1.165) is 5.56 Å². The van der Waals surface area contributed by atoms with E-state index in [1.54, 1.807) is 30.3 Å². The summed E-state index contributed by atoms with van der Waals surface area (Å²) >= 11 is 0. The van der Waals surface area contributed by atoms with Crippen molar-refractivity contribution in [3.05, 3.63) is 82.2 Å². The minimum Gasteiger partial charge on any atom is -0.432 e. The van der Waals surface area contributed by atoms with Crippen LogP contribution in [-0.2, 0) is 18.9 Å². The summed E-state index contributed by atoms with van der Waals surface area (Å²) in [5.74, 6) is -0.654. The summed E-state index contributed by atoms with van der Waals surface area (Å²) in [5, 5.41) is 14.4.